The molecule has 0 aliphatic rings. The van der Waals surface area contributed by atoms with Crippen molar-refractivity contribution in [2.45, 2.75) is 12.8 Å². The van der Waals surface area contributed by atoms with Crippen LogP contribution in [0.5, 0.6) is 0 Å². The van der Waals surface area contributed by atoms with Gasteiger partial charge >= 0.3 is 18.1 Å². The summed E-state index contributed by atoms with van der Waals surface area (Å²) in [5, 5.41) is 0. The van der Waals surface area contributed by atoms with Crippen molar-refractivity contribution in [1.29, 1.82) is 0 Å². The van der Waals surface area contributed by atoms with Crippen LogP contribution < -0.4 is 0 Å². The van der Waals surface area contributed by atoms with Gasteiger partial charge in [-0.2, -0.15) is 13.2 Å². The second kappa shape index (κ2) is 7.12. The summed E-state index contributed by atoms with van der Waals surface area (Å²) in [7, 11) is 1.24. The highest BCUT2D eigenvalue weighted by atomic mass is 19.4. The zero-order chi connectivity index (χ0) is 17.7. The van der Waals surface area contributed by atoms with Crippen LogP contribution in [0.25, 0.3) is 0 Å². The van der Waals surface area contributed by atoms with Crippen molar-refractivity contribution in [2.24, 2.45) is 0 Å². The fraction of sp³-hybridized carbons (Fsp3) is 0.188. The lowest BCUT2D eigenvalue weighted by Crippen LogP contribution is -2.10. The Kier molecular flexibility index (Phi) is 5.18. The van der Waals surface area contributed by atoms with Crippen LogP contribution in [0.15, 0.2) is 42.6 Å². The SMILES string of the molecule is COC(=O)c1cccc(COC(=O)c2ccc(C(F)(F)F)nc2)c1. The molecule has 1 aromatic heterocycles. The van der Waals surface area contributed by atoms with Gasteiger partial charge in [0.05, 0.1) is 18.2 Å². The van der Waals surface area contributed by atoms with Gasteiger partial charge in [-0.3, -0.25) is 4.98 Å². The summed E-state index contributed by atoms with van der Waals surface area (Å²) in [5.41, 5.74) is -0.370. The molecule has 0 unspecified atom stereocenters. The van der Waals surface area contributed by atoms with Gasteiger partial charge in [-0.05, 0) is 29.8 Å². The van der Waals surface area contributed by atoms with Crippen molar-refractivity contribution in [3.63, 3.8) is 0 Å². The summed E-state index contributed by atoms with van der Waals surface area (Å²) in [5.74, 6) is -1.35. The van der Waals surface area contributed by atoms with Gasteiger partial charge in [-0.1, -0.05) is 12.1 Å². The lowest BCUT2D eigenvalue weighted by atomic mass is 10.1. The number of aromatic nitrogens is 1. The van der Waals surface area contributed by atoms with Crippen LogP contribution in [0, 0.1) is 0 Å². The number of hydrogen-bond donors (Lipinski definition) is 0. The molecule has 0 spiro atoms. The number of alkyl halides is 3. The Bertz CT molecular complexity index is 742. The van der Waals surface area contributed by atoms with Crippen molar-refractivity contribution in [3.8, 4) is 0 Å². The van der Waals surface area contributed by atoms with E-state index in [0.29, 0.717) is 17.2 Å². The molecule has 0 aliphatic carbocycles. The van der Waals surface area contributed by atoms with Crippen LogP contribution in [-0.4, -0.2) is 24.0 Å². The average Bonchev–Trinajstić information content (AvgIpc) is 2.58. The smallest absolute Gasteiger partial charge is 0.433 e. The minimum absolute atomic E-state index is 0.105. The summed E-state index contributed by atoms with van der Waals surface area (Å²) < 4.78 is 46.8. The summed E-state index contributed by atoms with van der Waals surface area (Å²) in [4.78, 5) is 26.4. The number of hydrogen-bond acceptors (Lipinski definition) is 5. The molecule has 0 bridgehead atoms. The van der Waals surface area contributed by atoms with Gasteiger partial charge in [-0.25, -0.2) is 9.59 Å². The minimum Gasteiger partial charge on any atom is -0.465 e. The van der Waals surface area contributed by atoms with Crippen molar-refractivity contribution in [1.82, 2.24) is 4.98 Å². The fourth-order valence-corrected chi connectivity index (χ4v) is 1.82. The first-order chi connectivity index (χ1) is 11.3. The maximum absolute atomic E-state index is 12.4. The number of esters is 2. The normalized spacial score (nSPS) is 11.0. The molecule has 0 saturated carbocycles. The molecule has 8 heteroatoms. The van der Waals surface area contributed by atoms with E-state index in [1.54, 1.807) is 12.1 Å². The highest BCUT2D eigenvalue weighted by Crippen LogP contribution is 2.27. The topological polar surface area (TPSA) is 65.5 Å². The molecule has 5 nitrogen and oxygen atoms in total. The molecule has 0 fully saturated rings. The molecule has 2 aromatic rings. The third-order valence-corrected chi connectivity index (χ3v) is 3.01. The largest absolute Gasteiger partial charge is 0.465 e. The van der Waals surface area contributed by atoms with E-state index in [1.807, 2.05) is 0 Å². The first kappa shape index (κ1) is 17.5. The second-order valence-electron chi connectivity index (χ2n) is 4.70. The summed E-state index contributed by atoms with van der Waals surface area (Å²) in [6.07, 6.45) is -3.77. The molecule has 0 radical (unpaired) electrons. The first-order valence-corrected chi connectivity index (χ1v) is 6.69. The number of rotatable bonds is 4. The Hall–Kier alpha value is -2.90. The van der Waals surface area contributed by atoms with E-state index in [1.165, 1.54) is 19.2 Å². The number of methoxy groups -OCH3 is 1. The highest BCUT2D eigenvalue weighted by molar-refractivity contribution is 5.90. The van der Waals surface area contributed by atoms with Crippen LogP contribution in [0.3, 0.4) is 0 Å². The summed E-state index contributed by atoms with van der Waals surface area (Å²) in [6.45, 7) is -0.148. The Labute approximate surface area is 135 Å². The molecule has 1 aromatic carbocycles. The summed E-state index contributed by atoms with van der Waals surface area (Å²) >= 11 is 0. The Morgan fingerprint density at radius 3 is 2.42 bits per heavy atom. The third kappa shape index (κ3) is 4.31. The van der Waals surface area contributed by atoms with E-state index in [9.17, 15) is 22.8 Å². The molecular formula is C16H12F3NO4. The van der Waals surface area contributed by atoms with E-state index < -0.39 is 23.8 Å². The van der Waals surface area contributed by atoms with Crippen LogP contribution in [0.1, 0.15) is 32.0 Å². The number of nitrogens with zero attached hydrogens (tertiary/aromatic N) is 1. The highest BCUT2D eigenvalue weighted by Gasteiger charge is 2.32. The van der Waals surface area contributed by atoms with E-state index in [4.69, 9.17) is 4.74 Å². The second-order valence-corrected chi connectivity index (χ2v) is 4.70. The monoisotopic (exact) mass is 339 g/mol. The Balaban J connectivity index is 2.02. The zero-order valence-electron chi connectivity index (χ0n) is 12.5. The van der Waals surface area contributed by atoms with E-state index >= 15 is 0 Å². The lowest BCUT2D eigenvalue weighted by Gasteiger charge is -2.08. The van der Waals surface area contributed by atoms with Gasteiger partial charge in [0.1, 0.15) is 12.3 Å². The molecule has 0 amide bonds. The Morgan fingerprint density at radius 2 is 1.83 bits per heavy atom. The lowest BCUT2D eigenvalue weighted by molar-refractivity contribution is -0.141. The molecule has 1 heterocycles. The number of pyridine rings is 1. The number of benzene rings is 1. The van der Waals surface area contributed by atoms with Gasteiger partial charge in [0.15, 0.2) is 0 Å². The van der Waals surface area contributed by atoms with Gasteiger partial charge in [0.2, 0.25) is 0 Å². The molecule has 2 rings (SSSR count). The molecule has 126 valence electrons. The van der Waals surface area contributed by atoms with Gasteiger partial charge in [-0.15, -0.1) is 0 Å². The maximum atomic E-state index is 12.4. The third-order valence-electron chi connectivity index (χ3n) is 3.01. The van der Waals surface area contributed by atoms with Gasteiger partial charge in [0, 0.05) is 6.20 Å². The quantitative estimate of drug-likeness (QED) is 0.800. The molecule has 0 atom stereocenters. The van der Waals surface area contributed by atoms with Crippen molar-refractivity contribution < 1.29 is 32.2 Å². The molecule has 0 aliphatic heterocycles. The molecular weight excluding hydrogens is 327 g/mol. The maximum Gasteiger partial charge on any atom is 0.433 e. The molecule has 24 heavy (non-hydrogen) atoms. The molecule has 0 N–H and O–H groups in total. The van der Waals surface area contributed by atoms with E-state index in [-0.39, 0.29) is 12.2 Å². The van der Waals surface area contributed by atoms with Crippen LogP contribution in [0.4, 0.5) is 13.2 Å². The predicted octanol–water partition coefficient (Wildman–Crippen LogP) is 3.24. The van der Waals surface area contributed by atoms with E-state index in [2.05, 4.69) is 9.72 Å². The van der Waals surface area contributed by atoms with Crippen molar-refractivity contribution in [2.75, 3.05) is 7.11 Å². The van der Waals surface area contributed by atoms with Crippen LogP contribution in [0.2, 0.25) is 0 Å². The van der Waals surface area contributed by atoms with Gasteiger partial charge < -0.3 is 9.47 Å². The minimum atomic E-state index is -4.57. The number of halogens is 3. The van der Waals surface area contributed by atoms with Crippen LogP contribution in [-0.2, 0) is 22.3 Å². The van der Waals surface area contributed by atoms with Crippen molar-refractivity contribution >= 4 is 11.9 Å². The Morgan fingerprint density at radius 1 is 1.08 bits per heavy atom. The molecule has 0 saturated heterocycles. The standard InChI is InChI=1S/C16H12F3NO4/c1-23-14(21)11-4-2-3-10(7-11)9-24-15(22)12-5-6-13(20-8-12)16(17,18)19/h2-8H,9H2,1H3. The predicted molar refractivity (Wildman–Crippen MR) is 76.1 cm³/mol. The zero-order valence-corrected chi connectivity index (χ0v) is 12.5. The number of carbonyl (C=O) groups is 2. The van der Waals surface area contributed by atoms with Crippen molar-refractivity contribution in [3.05, 3.63) is 65.0 Å². The number of ether oxygens (including phenoxy) is 2. The number of carbonyl (C=O) groups excluding carboxylic acids is 2. The van der Waals surface area contributed by atoms with Crippen LogP contribution >= 0.6 is 0 Å². The van der Waals surface area contributed by atoms with Gasteiger partial charge in [0.25, 0.3) is 0 Å². The fourth-order valence-electron chi connectivity index (χ4n) is 1.82. The average molecular weight is 339 g/mol. The van der Waals surface area contributed by atoms with E-state index in [0.717, 1.165) is 12.3 Å². The first-order valence-electron chi connectivity index (χ1n) is 6.69. The summed E-state index contributed by atoms with van der Waals surface area (Å²) in [6, 6.07) is 7.94.